The van der Waals surface area contributed by atoms with Crippen molar-refractivity contribution in [2.75, 3.05) is 47.7 Å². The maximum Gasteiger partial charge on any atom is 0.0438 e. The highest BCUT2D eigenvalue weighted by atomic mass is 32.2. The van der Waals surface area contributed by atoms with Gasteiger partial charge >= 0.3 is 0 Å². The van der Waals surface area contributed by atoms with Gasteiger partial charge in [0.05, 0.1) is 0 Å². The molecule has 0 bridgehead atoms. The topological polar surface area (TPSA) is 40.5 Å². The first-order chi connectivity index (χ1) is 9.86. The van der Waals surface area contributed by atoms with Gasteiger partial charge in [-0.15, -0.1) is 0 Å². The van der Waals surface area contributed by atoms with Gasteiger partial charge in [-0.25, -0.2) is 0 Å². The molecule has 0 amide bonds. The smallest absolute Gasteiger partial charge is 0.0438 e. The van der Waals surface area contributed by atoms with E-state index in [-0.39, 0.29) is 0 Å². The molecule has 0 saturated carbocycles. The molecule has 0 aliphatic carbocycles. The molecule has 6 heteroatoms. The highest BCUT2D eigenvalue weighted by molar-refractivity contribution is 8.07. The lowest BCUT2D eigenvalue weighted by molar-refractivity contribution is 0.296. The third kappa shape index (κ3) is 10.1. The second-order valence-corrected chi connectivity index (χ2v) is 9.98. The van der Waals surface area contributed by atoms with E-state index < -0.39 is 0 Å². The minimum absolute atomic E-state index is 0.332. The van der Waals surface area contributed by atoms with E-state index in [0.29, 0.717) is 13.2 Å². The number of aliphatic hydroxyl groups excluding tert-OH is 2. The zero-order valence-electron chi connectivity index (χ0n) is 12.2. The summed E-state index contributed by atoms with van der Waals surface area (Å²) in [5.41, 5.74) is 0. The van der Waals surface area contributed by atoms with Gasteiger partial charge in [0.25, 0.3) is 0 Å². The maximum absolute atomic E-state index is 8.73. The molecule has 0 aromatic carbocycles. The lowest BCUT2D eigenvalue weighted by Crippen LogP contribution is -2.22. The Bertz CT molecular complexity index is 189. The Morgan fingerprint density at radius 3 is 1.55 bits per heavy atom. The molecule has 2 nitrogen and oxygen atoms in total. The van der Waals surface area contributed by atoms with Crippen molar-refractivity contribution in [2.45, 2.75) is 36.2 Å². The molecule has 0 radical (unpaired) electrons. The average Bonchev–Trinajstić information content (AvgIpc) is 2.48. The first kappa shape index (κ1) is 19.4. The molecule has 2 N–H and O–H groups in total. The van der Waals surface area contributed by atoms with Gasteiger partial charge < -0.3 is 10.2 Å². The van der Waals surface area contributed by atoms with Crippen LogP contribution in [0, 0.1) is 0 Å². The molecule has 1 saturated heterocycles. The summed E-state index contributed by atoms with van der Waals surface area (Å²) < 4.78 is 0. The standard InChI is InChI=1S/C14H28O2S4/c15-5-1-7-17-9-3-13-11-20-14(12-19-13)4-10-18-8-2-6-16/h13-16H,1-12H2. The van der Waals surface area contributed by atoms with Gasteiger partial charge in [0.1, 0.15) is 0 Å². The lowest BCUT2D eigenvalue weighted by atomic mass is 10.3. The van der Waals surface area contributed by atoms with E-state index in [1.807, 2.05) is 23.5 Å². The summed E-state index contributed by atoms with van der Waals surface area (Å²) in [6, 6.07) is 0. The van der Waals surface area contributed by atoms with Gasteiger partial charge in [-0.3, -0.25) is 0 Å². The molecule has 1 rings (SSSR count). The summed E-state index contributed by atoms with van der Waals surface area (Å²) in [4.78, 5) is 0. The van der Waals surface area contributed by atoms with Crippen LogP contribution in [0.1, 0.15) is 25.7 Å². The van der Waals surface area contributed by atoms with Crippen LogP contribution in [-0.4, -0.2) is 68.4 Å². The number of thioether (sulfide) groups is 4. The SMILES string of the molecule is OCCCSCCC1CSC(CCSCCCO)CS1. The molecule has 0 aromatic heterocycles. The minimum Gasteiger partial charge on any atom is -0.396 e. The quantitative estimate of drug-likeness (QED) is 0.523. The van der Waals surface area contributed by atoms with E-state index in [9.17, 15) is 0 Å². The molecule has 20 heavy (non-hydrogen) atoms. The van der Waals surface area contributed by atoms with Gasteiger partial charge in [-0.2, -0.15) is 47.0 Å². The largest absolute Gasteiger partial charge is 0.396 e. The minimum atomic E-state index is 0.332. The fourth-order valence-corrected chi connectivity index (χ4v) is 7.28. The van der Waals surface area contributed by atoms with Crippen LogP contribution in [0.15, 0.2) is 0 Å². The maximum atomic E-state index is 8.73. The molecule has 1 fully saturated rings. The molecule has 0 aromatic rings. The third-order valence-electron chi connectivity index (χ3n) is 3.10. The number of rotatable bonds is 12. The van der Waals surface area contributed by atoms with Crippen molar-refractivity contribution in [1.82, 2.24) is 0 Å². The summed E-state index contributed by atoms with van der Waals surface area (Å²) in [6.45, 7) is 0.665. The number of hydrogen-bond donors (Lipinski definition) is 2. The van der Waals surface area contributed by atoms with Gasteiger partial charge in [0.15, 0.2) is 0 Å². The van der Waals surface area contributed by atoms with Gasteiger partial charge in [0, 0.05) is 35.2 Å². The van der Waals surface area contributed by atoms with Crippen LogP contribution >= 0.6 is 47.0 Å². The van der Waals surface area contributed by atoms with Crippen molar-refractivity contribution >= 4 is 47.0 Å². The molecule has 2 unspecified atom stereocenters. The highest BCUT2D eigenvalue weighted by Crippen LogP contribution is 2.34. The predicted octanol–water partition coefficient (Wildman–Crippen LogP) is 3.22. The molecule has 1 heterocycles. The number of hydrogen-bond acceptors (Lipinski definition) is 6. The van der Waals surface area contributed by atoms with E-state index in [1.165, 1.54) is 35.9 Å². The molecule has 1 aliphatic heterocycles. The Morgan fingerprint density at radius 2 is 1.20 bits per heavy atom. The lowest BCUT2D eigenvalue weighted by Gasteiger charge is -2.27. The number of aliphatic hydroxyl groups is 2. The van der Waals surface area contributed by atoms with Crippen molar-refractivity contribution in [3.8, 4) is 0 Å². The van der Waals surface area contributed by atoms with E-state index in [0.717, 1.165) is 34.8 Å². The Labute approximate surface area is 141 Å². The molecular formula is C14H28O2S4. The Balaban J connectivity index is 1.91. The molecule has 2 atom stereocenters. The average molecular weight is 357 g/mol. The van der Waals surface area contributed by atoms with Crippen LogP contribution < -0.4 is 0 Å². The second-order valence-electron chi connectivity index (χ2n) is 4.87. The molecule has 120 valence electrons. The van der Waals surface area contributed by atoms with Gasteiger partial charge in [-0.05, 0) is 48.7 Å². The zero-order valence-corrected chi connectivity index (χ0v) is 15.4. The van der Waals surface area contributed by atoms with E-state index >= 15 is 0 Å². The fraction of sp³-hybridized carbons (Fsp3) is 1.00. The van der Waals surface area contributed by atoms with Crippen molar-refractivity contribution in [3.63, 3.8) is 0 Å². The van der Waals surface area contributed by atoms with Crippen LogP contribution in [0.3, 0.4) is 0 Å². The first-order valence-electron chi connectivity index (χ1n) is 7.47. The molecule has 0 spiro atoms. The van der Waals surface area contributed by atoms with Crippen LogP contribution in [0.2, 0.25) is 0 Å². The van der Waals surface area contributed by atoms with Crippen molar-refractivity contribution < 1.29 is 10.2 Å². The molecule has 1 aliphatic rings. The van der Waals surface area contributed by atoms with Crippen molar-refractivity contribution in [2.24, 2.45) is 0 Å². The van der Waals surface area contributed by atoms with E-state index in [4.69, 9.17) is 10.2 Å². The van der Waals surface area contributed by atoms with Crippen LogP contribution in [0.25, 0.3) is 0 Å². The van der Waals surface area contributed by atoms with Crippen LogP contribution in [-0.2, 0) is 0 Å². The normalized spacial score (nSPS) is 23.1. The zero-order chi connectivity index (χ0) is 14.5. The van der Waals surface area contributed by atoms with Crippen LogP contribution in [0.4, 0.5) is 0 Å². The molecular weight excluding hydrogens is 328 g/mol. The summed E-state index contributed by atoms with van der Waals surface area (Å²) in [6.07, 6.45) is 4.53. The van der Waals surface area contributed by atoms with Crippen molar-refractivity contribution in [3.05, 3.63) is 0 Å². The monoisotopic (exact) mass is 356 g/mol. The van der Waals surface area contributed by atoms with Gasteiger partial charge in [0.2, 0.25) is 0 Å². The summed E-state index contributed by atoms with van der Waals surface area (Å²) in [5.74, 6) is 7.34. The predicted molar refractivity (Wildman–Crippen MR) is 99.8 cm³/mol. The Hall–Kier alpha value is 1.32. The first-order valence-corrected chi connectivity index (χ1v) is 11.9. The fourth-order valence-electron chi connectivity index (χ4n) is 1.88. The summed E-state index contributed by atoms with van der Waals surface area (Å²) in [7, 11) is 0. The highest BCUT2D eigenvalue weighted by Gasteiger charge is 2.21. The van der Waals surface area contributed by atoms with E-state index in [1.54, 1.807) is 0 Å². The Kier molecular flexibility index (Phi) is 13.5. The summed E-state index contributed by atoms with van der Waals surface area (Å²) >= 11 is 8.32. The summed E-state index contributed by atoms with van der Waals surface area (Å²) in [5, 5.41) is 19.1. The third-order valence-corrected chi connectivity index (χ3v) is 8.66. The van der Waals surface area contributed by atoms with Crippen LogP contribution in [0.5, 0.6) is 0 Å². The second kappa shape index (κ2) is 13.9. The van der Waals surface area contributed by atoms with E-state index in [2.05, 4.69) is 23.5 Å². The van der Waals surface area contributed by atoms with Crippen molar-refractivity contribution in [1.29, 1.82) is 0 Å². The Morgan fingerprint density at radius 1 is 0.750 bits per heavy atom. The van der Waals surface area contributed by atoms with Gasteiger partial charge in [-0.1, -0.05) is 0 Å².